The van der Waals surface area contributed by atoms with Gasteiger partial charge < -0.3 is 15.9 Å². The Morgan fingerprint density at radius 3 is 2.00 bits per heavy atom. The summed E-state index contributed by atoms with van der Waals surface area (Å²) in [4.78, 5) is 10.4. The molecule has 0 heterocycles. The summed E-state index contributed by atoms with van der Waals surface area (Å²) in [7, 11) is 0. The number of aliphatic hydroxyl groups excluding tert-OH is 1. The van der Waals surface area contributed by atoms with E-state index in [1.54, 1.807) is 13.8 Å². The SMILES string of the molecule is C[C@H](O)C(C)(C)[C@H](N)C(=O)O. The van der Waals surface area contributed by atoms with E-state index in [0.717, 1.165) is 0 Å². The van der Waals surface area contributed by atoms with Gasteiger partial charge in [-0.05, 0) is 6.92 Å². The summed E-state index contributed by atoms with van der Waals surface area (Å²) >= 11 is 0. The van der Waals surface area contributed by atoms with E-state index in [9.17, 15) is 4.79 Å². The lowest BCUT2D eigenvalue weighted by Gasteiger charge is -2.31. The zero-order valence-electron chi connectivity index (χ0n) is 7.03. The molecule has 0 radical (unpaired) electrons. The van der Waals surface area contributed by atoms with Gasteiger partial charge in [0.15, 0.2) is 0 Å². The minimum absolute atomic E-state index is 0.728. The Bertz CT molecular complexity index is 154. The van der Waals surface area contributed by atoms with Crippen LogP contribution in [0.1, 0.15) is 20.8 Å². The van der Waals surface area contributed by atoms with Crippen LogP contribution in [0.3, 0.4) is 0 Å². The van der Waals surface area contributed by atoms with Gasteiger partial charge in [-0.1, -0.05) is 13.8 Å². The molecule has 0 fully saturated rings. The van der Waals surface area contributed by atoms with Gasteiger partial charge in [0, 0.05) is 5.41 Å². The summed E-state index contributed by atoms with van der Waals surface area (Å²) in [6.07, 6.45) is -0.728. The second kappa shape index (κ2) is 3.19. The first-order chi connectivity index (χ1) is 4.80. The Morgan fingerprint density at radius 1 is 1.55 bits per heavy atom. The molecule has 0 rings (SSSR count). The van der Waals surface area contributed by atoms with Crippen molar-refractivity contribution in [3.05, 3.63) is 0 Å². The molecule has 0 unspecified atom stereocenters. The summed E-state index contributed by atoms with van der Waals surface area (Å²) < 4.78 is 0. The maximum atomic E-state index is 10.4. The van der Waals surface area contributed by atoms with Crippen molar-refractivity contribution < 1.29 is 15.0 Å². The van der Waals surface area contributed by atoms with Crippen LogP contribution in [0, 0.1) is 5.41 Å². The molecule has 0 aromatic carbocycles. The number of hydrogen-bond donors (Lipinski definition) is 3. The van der Waals surface area contributed by atoms with Gasteiger partial charge in [0.1, 0.15) is 6.04 Å². The highest BCUT2D eigenvalue weighted by atomic mass is 16.4. The van der Waals surface area contributed by atoms with Crippen LogP contribution in [0.5, 0.6) is 0 Å². The first-order valence-electron chi connectivity index (χ1n) is 3.46. The van der Waals surface area contributed by atoms with Crippen molar-refractivity contribution in [2.75, 3.05) is 0 Å². The molecule has 0 aliphatic heterocycles. The molecule has 0 saturated carbocycles. The van der Waals surface area contributed by atoms with Gasteiger partial charge in [0.25, 0.3) is 0 Å². The van der Waals surface area contributed by atoms with Crippen molar-refractivity contribution in [1.29, 1.82) is 0 Å². The van der Waals surface area contributed by atoms with Crippen LogP contribution in [-0.2, 0) is 4.79 Å². The number of carbonyl (C=O) groups is 1. The topological polar surface area (TPSA) is 83.5 Å². The van der Waals surface area contributed by atoms with Crippen LogP contribution in [0.2, 0.25) is 0 Å². The second-order valence-corrected chi connectivity index (χ2v) is 3.31. The Kier molecular flexibility index (Phi) is 3.02. The highest BCUT2D eigenvalue weighted by Gasteiger charge is 2.36. The van der Waals surface area contributed by atoms with Crippen LogP contribution in [-0.4, -0.2) is 28.3 Å². The van der Waals surface area contributed by atoms with E-state index in [2.05, 4.69) is 0 Å². The third-order valence-electron chi connectivity index (χ3n) is 2.14. The predicted octanol–water partition coefficient (Wildman–Crippen LogP) is -0.195. The van der Waals surface area contributed by atoms with Crippen LogP contribution in [0.15, 0.2) is 0 Å². The van der Waals surface area contributed by atoms with Crippen LogP contribution in [0.25, 0.3) is 0 Å². The fourth-order valence-electron chi connectivity index (χ4n) is 0.578. The molecular weight excluding hydrogens is 146 g/mol. The molecule has 2 atom stereocenters. The summed E-state index contributed by atoms with van der Waals surface area (Å²) in [6.45, 7) is 4.77. The number of carboxylic acids is 1. The van der Waals surface area contributed by atoms with Gasteiger partial charge in [-0.15, -0.1) is 0 Å². The normalized spacial score (nSPS) is 17.5. The molecule has 0 amide bonds. The Labute approximate surface area is 66.0 Å². The number of nitrogens with two attached hydrogens (primary N) is 1. The van der Waals surface area contributed by atoms with Gasteiger partial charge in [-0.25, -0.2) is 0 Å². The standard InChI is InChI=1S/C7H15NO3/c1-4(9)7(2,3)5(8)6(10)11/h4-5,9H,8H2,1-3H3,(H,10,11)/t4-,5+/m0/s1. The zero-order chi connectivity index (χ0) is 9.23. The molecule has 4 heteroatoms. The molecule has 4 N–H and O–H groups in total. The minimum Gasteiger partial charge on any atom is -0.480 e. The van der Waals surface area contributed by atoms with E-state index in [0.29, 0.717) is 0 Å². The molecule has 0 aliphatic rings. The molecule has 0 aromatic heterocycles. The first kappa shape index (κ1) is 10.4. The molecule has 0 bridgehead atoms. The summed E-state index contributed by atoms with van der Waals surface area (Å²) in [5.74, 6) is -1.09. The van der Waals surface area contributed by atoms with E-state index in [4.69, 9.17) is 15.9 Å². The van der Waals surface area contributed by atoms with Crippen molar-refractivity contribution in [3.8, 4) is 0 Å². The first-order valence-corrected chi connectivity index (χ1v) is 3.46. The van der Waals surface area contributed by atoms with E-state index in [-0.39, 0.29) is 0 Å². The third kappa shape index (κ3) is 2.17. The lowest BCUT2D eigenvalue weighted by molar-refractivity contribution is -0.143. The largest absolute Gasteiger partial charge is 0.480 e. The molecule has 0 saturated heterocycles. The van der Waals surface area contributed by atoms with E-state index in [1.807, 2.05) is 0 Å². The zero-order valence-corrected chi connectivity index (χ0v) is 7.03. The second-order valence-electron chi connectivity index (χ2n) is 3.31. The molecule has 0 spiro atoms. The molecule has 0 aromatic rings. The van der Waals surface area contributed by atoms with Crippen molar-refractivity contribution in [3.63, 3.8) is 0 Å². The number of carboxylic acid groups (broad SMARTS) is 1. The maximum Gasteiger partial charge on any atom is 0.321 e. The fourth-order valence-corrected chi connectivity index (χ4v) is 0.578. The predicted molar refractivity (Wildman–Crippen MR) is 41.1 cm³/mol. The molecule has 0 aliphatic carbocycles. The monoisotopic (exact) mass is 161 g/mol. The van der Waals surface area contributed by atoms with Gasteiger partial charge in [-0.3, -0.25) is 4.79 Å². The lowest BCUT2D eigenvalue weighted by Crippen LogP contribution is -2.49. The Morgan fingerprint density at radius 2 is 1.91 bits per heavy atom. The van der Waals surface area contributed by atoms with E-state index >= 15 is 0 Å². The summed E-state index contributed by atoms with van der Waals surface area (Å²) in [6, 6.07) is -1.03. The van der Waals surface area contributed by atoms with Crippen molar-refractivity contribution in [2.24, 2.45) is 11.1 Å². The fraction of sp³-hybridized carbons (Fsp3) is 0.857. The smallest absolute Gasteiger partial charge is 0.321 e. The van der Waals surface area contributed by atoms with Crippen LogP contribution in [0.4, 0.5) is 0 Å². The highest BCUT2D eigenvalue weighted by molar-refractivity contribution is 5.74. The van der Waals surface area contributed by atoms with Gasteiger partial charge in [0.2, 0.25) is 0 Å². The number of aliphatic hydroxyl groups is 1. The lowest BCUT2D eigenvalue weighted by atomic mass is 9.80. The molecular formula is C7H15NO3. The average molecular weight is 161 g/mol. The number of rotatable bonds is 3. The van der Waals surface area contributed by atoms with Crippen LogP contribution < -0.4 is 5.73 Å². The third-order valence-corrected chi connectivity index (χ3v) is 2.14. The van der Waals surface area contributed by atoms with Gasteiger partial charge in [-0.2, -0.15) is 0 Å². The van der Waals surface area contributed by atoms with Crippen molar-refractivity contribution >= 4 is 5.97 Å². The quantitative estimate of drug-likeness (QED) is 0.535. The number of aliphatic carboxylic acids is 1. The molecule has 11 heavy (non-hydrogen) atoms. The molecule has 66 valence electrons. The summed E-state index contributed by atoms with van der Waals surface area (Å²) in [5.41, 5.74) is 4.55. The Hall–Kier alpha value is -0.610. The highest BCUT2D eigenvalue weighted by Crippen LogP contribution is 2.23. The number of hydrogen-bond acceptors (Lipinski definition) is 3. The van der Waals surface area contributed by atoms with E-state index in [1.165, 1.54) is 6.92 Å². The van der Waals surface area contributed by atoms with E-state index < -0.39 is 23.5 Å². The van der Waals surface area contributed by atoms with Crippen molar-refractivity contribution in [1.82, 2.24) is 0 Å². The van der Waals surface area contributed by atoms with Gasteiger partial charge in [0.05, 0.1) is 6.10 Å². The minimum atomic E-state index is -1.09. The average Bonchev–Trinajstić information content (AvgIpc) is 1.85. The van der Waals surface area contributed by atoms with Gasteiger partial charge >= 0.3 is 5.97 Å². The van der Waals surface area contributed by atoms with Crippen molar-refractivity contribution in [2.45, 2.75) is 32.9 Å². The van der Waals surface area contributed by atoms with Crippen LogP contribution >= 0.6 is 0 Å². The summed E-state index contributed by atoms with van der Waals surface area (Å²) in [5, 5.41) is 17.7. The molecule has 4 nitrogen and oxygen atoms in total. The maximum absolute atomic E-state index is 10.4. The Balaban J connectivity index is 4.41.